The van der Waals surface area contributed by atoms with Gasteiger partial charge in [-0.15, -0.1) is 0 Å². The number of carbonyl (C=O) groups excluding carboxylic acids is 1. The van der Waals surface area contributed by atoms with Gasteiger partial charge in [-0.3, -0.25) is 4.79 Å². The largest absolute Gasteiger partial charge is 0.505 e. The number of ether oxygens (including phenoxy) is 1. The average molecular weight is 334 g/mol. The number of aryl methyl sites for hydroxylation is 2. The molecule has 1 aromatic heterocycles. The summed E-state index contributed by atoms with van der Waals surface area (Å²) in [5.74, 6) is 0.550. The van der Waals surface area contributed by atoms with Crippen LogP contribution >= 0.6 is 0 Å². The summed E-state index contributed by atoms with van der Waals surface area (Å²) >= 11 is 0. The summed E-state index contributed by atoms with van der Waals surface area (Å²) in [7, 11) is 0. The Bertz CT molecular complexity index is 905. The number of hydrogen-bond acceptors (Lipinski definition) is 4. The molecular weight excluding hydrogens is 316 g/mol. The molecule has 5 nitrogen and oxygen atoms in total. The van der Waals surface area contributed by atoms with Gasteiger partial charge in [0.15, 0.2) is 11.4 Å². The lowest BCUT2D eigenvalue weighted by atomic mass is 10.2. The molecule has 1 heterocycles. The van der Waals surface area contributed by atoms with Gasteiger partial charge in [-0.25, -0.2) is 4.98 Å². The Morgan fingerprint density at radius 3 is 2.52 bits per heavy atom. The smallest absolute Gasteiger partial charge is 0.278 e. The normalized spacial score (nSPS) is 10.3. The fourth-order valence-electron chi connectivity index (χ4n) is 2.29. The second-order valence-corrected chi connectivity index (χ2v) is 5.69. The van der Waals surface area contributed by atoms with Gasteiger partial charge < -0.3 is 15.2 Å². The van der Waals surface area contributed by atoms with Crippen LogP contribution in [-0.2, 0) is 0 Å². The van der Waals surface area contributed by atoms with E-state index in [1.807, 2.05) is 37.3 Å². The second kappa shape index (κ2) is 7.05. The molecule has 25 heavy (non-hydrogen) atoms. The summed E-state index contributed by atoms with van der Waals surface area (Å²) in [5, 5.41) is 12.8. The maximum atomic E-state index is 12.4. The molecule has 5 heteroatoms. The lowest BCUT2D eigenvalue weighted by Gasteiger charge is -2.13. The van der Waals surface area contributed by atoms with Gasteiger partial charge in [0, 0.05) is 6.20 Å². The molecule has 3 rings (SSSR count). The molecule has 0 radical (unpaired) electrons. The molecule has 0 atom stereocenters. The minimum atomic E-state index is -0.499. The molecule has 0 saturated carbocycles. The van der Waals surface area contributed by atoms with Crippen LogP contribution in [0.1, 0.15) is 21.6 Å². The highest BCUT2D eigenvalue weighted by molar-refractivity contribution is 6.05. The van der Waals surface area contributed by atoms with Gasteiger partial charge in [0.25, 0.3) is 5.91 Å². The number of pyridine rings is 1. The van der Waals surface area contributed by atoms with Crippen LogP contribution in [0.4, 0.5) is 5.69 Å². The quantitative estimate of drug-likeness (QED) is 0.739. The van der Waals surface area contributed by atoms with Gasteiger partial charge in [-0.1, -0.05) is 29.8 Å². The van der Waals surface area contributed by atoms with E-state index in [0.29, 0.717) is 22.7 Å². The third-order valence-electron chi connectivity index (χ3n) is 3.73. The van der Waals surface area contributed by atoms with E-state index in [0.717, 1.165) is 5.56 Å². The number of para-hydroxylation sites is 2. The Kier molecular flexibility index (Phi) is 4.66. The Morgan fingerprint density at radius 1 is 1.04 bits per heavy atom. The van der Waals surface area contributed by atoms with Crippen molar-refractivity contribution in [2.75, 3.05) is 5.32 Å². The van der Waals surface area contributed by atoms with Crippen molar-refractivity contribution in [3.05, 3.63) is 77.6 Å². The number of aromatic hydroxyl groups is 1. The van der Waals surface area contributed by atoms with Crippen molar-refractivity contribution >= 4 is 11.6 Å². The highest BCUT2D eigenvalue weighted by Crippen LogP contribution is 2.30. The summed E-state index contributed by atoms with van der Waals surface area (Å²) in [4.78, 5) is 16.4. The Balaban J connectivity index is 1.84. The van der Waals surface area contributed by atoms with Crippen molar-refractivity contribution < 1.29 is 14.6 Å². The zero-order chi connectivity index (χ0) is 17.8. The highest BCUT2D eigenvalue weighted by Gasteiger charge is 2.16. The molecule has 0 spiro atoms. The molecule has 0 saturated heterocycles. The molecule has 0 unspecified atom stereocenters. The fraction of sp³-hybridized carbons (Fsp3) is 0.100. The van der Waals surface area contributed by atoms with Crippen LogP contribution in [0, 0.1) is 13.8 Å². The predicted octanol–water partition coefficient (Wildman–Crippen LogP) is 4.45. The molecule has 2 N–H and O–H groups in total. The van der Waals surface area contributed by atoms with Gasteiger partial charge in [-0.05, 0) is 49.7 Å². The molecule has 0 aliphatic heterocycles. The van der Waals surface area contributed by atoms with Gasteiger partial charge in [0.05, 0.1) is 5.69 Å². The van der Waals surface area contributed by atoms with Crippen molar-refractivity contribution in [3.63, 3.8) is 0 Å². The highest BCUT2D eigenvalue weighted by atomic mass is 16.5. The number of hydrogen-bond donors (Lipinski definition) is 2. The van der Waals surface area contributed by atoms with E-state index in [4.69, 9.17) is 4.74 Å². The van der Waals surface area contributed by atoms with Crippen LogP contribution in [0.5, 0.6) is 17.2 Å². The van der Waals surface area contributed by atoms with Crippen molar-refractivity contribution in [1.29, 1.82) is 0 Å². The van der Waals surface area contributed by atoms with Gasteiger partial charge >= 0.3 is 0 Å². The van der Waals surface area contributed by atoms with E-state index in [1.165, 1.54) is 6.20 Å². The maximum absolute atomic E-state index is 12.4. The van der Waals surface area contributed by atoms with Crippen LogP contribution in [0.15, 0.2) is 60.8 Å². The number of benzene rings is 2. The molecule has 0 fully saturated rings. The Labute approximate surface area is 145 Å². The first kappa shape index (κ1) is 16.5. The Hall–Kier alpha value is -3.34. The number of carbonyl (C=O) groups is 1. The second-order valence-electron chi connectivity index (χ2n) is 5.69. The number of rotatable bonds is 4. The first-order valence-electron chi connectivity index (χ1n) is 7.84. The van der Waals surface area contributed by atoms with E-state index in [9.17, 15) is 9.90 Å². The van der Waals surface area contributed by atoms with Gasteiger partial charge in [0.2, 0.25) is 0 Å². The molecule has 3 aromatic rings. The first-order chi connectivity index (χ1) is 12.0. The lowest BCUT2D eigenvalue weighted by Crippen LogP contribution is -2.14. The molecule has 0 aliphatic carbocycles. The summed E-state index contributed by atoms with van der Waals surface area (Å²) in [6.45, 7) is 3.71. The minimum Gasteiger partial charge on any atom is -0.505 e. The van der Waals surface area contributed by atoms with Crippen molar-refractivity contribution in [2.24, 2.45) is 0 Å². The predicted molar refractivity (Wildman–Crippen MR) is 96.3 cm³/mol. The van der Waals surface area contributed by atoms with Crippen molar-refractivity contribution in [1.82, 2.24) is 4.98 Å². The maximum Gasteiger partial charge on any atom is 0.278 e. The lowest BCUT2D eigenvalue weighted by molar-refractivity contribution is 0.101. The van der Waals surface area contributed by atoms with Crippen LogP contribution in [0.2, 0.25) is 0 Å². The van der Waals surface area contributed by atoms with Gasteiger partial charge in [0.1, 0.15) is 11.5 Å². The zero-order valence-corrected chi connectivity index (χ0v) is 14.0. The minimum absolute atomic E-state index is 0.0230. The topological polar surface area (TPSA) is 71.5 Å². The summed E-state index contributed by atoms with van der Waals surface area (Å²) in [6.07, 6.45) is 1.48. The fourth-order valence-corrected chi connectivity index (χ4v) is 2.29. The molecule has 0 aliphatic rings. The molecular formula is C20H18N2O3. The average Bonchev–Trinajstić information content (AvgIpc) is 2.61. The number of aromatic nitrogens is 1. The molecule has 1 amide bonds. The molecule has 0 bridgehead atoms. The van der Waals surface area contributed by atoms with Crippen LogP contribution in [0.25, 0.3) is 0 Å². The number of nitrogens with zero attached hydrogens (tertiary/aromatic N) is 1. The number of anilines is 1. The van der Waals surface area contributed by atoms with E-state index in [-0.39, 0.29) is 11.4 Å². The zero-order valence-electron chi connectivity index (χ0n) is 14.0. The third-order valence-corrected chi connectivity index (χ3v) is 3.73. The third kappa shape index (κ3) is 3.77. The van der Waals surface area contributed by atoms with Crippen LogP contribution in [-0.4, -0.2) is 16.0 Å². The summed E-state index contributed by atoms with van der Waals surface area (Å²) in [6, 6.07) is 16.4. The SMILES string of the molecule is Cc1ccc(Oc2ccccc2NC(=O)c2nccc(C)c2O)cc1. The van der Waals surface area contributed by atoms with E-state index in [2.05, 4.69) is 10.3 Å². The molecule has 126 valence electrons. The van der Waals surface area contributed by atoms with E-state index in [1.54, 1.807) is 31.2 Å². The number of amides is 1. The summed E-state index contributed by atoms with van der Waals surface area (Å²) < 4.78 is 5.86. The molecule has 2 aromatic carbocycles. The standard InChI is InChI=1S/C20H18N2O3/c1-13-7-9-15(10-8-13)25-17-6-4-3-5-16(17)22-20(24)18-19(23)14(2)11-12-21-18/h3-12,23H,1-2H3,(H,22,24). The van der Waals surface area contributed by atoms with Crippen LogP contribution < -0.4 is 10.1 Å². The monoisotopic (exact) mass is 334 g/mol. The van der Waals surface area contributed by atoms with Crippen molar-refractivity contribution in [2.45, 2.75) is 13.8 Å². The van der Waals surface area contributed by atoms with Gasteiger partial charge in [-0.2, -0.15) is 0 Å². The van der Waals surface area contributed by atoms with Crippen molar-refractivity contribution in [3.8, 4) is 17.2 Å². The first-order valence-corrected chi connectivity index (χ1v) is 7.84. The van der Waals surface area contributed by atoms with E-state index >= 15 is 0 Å². The summed E-state index contributed by atoms with van der Waals surface area (Å²) in [5.41, 5.74) is 2.19. The van der Waals surface area contributed by atoms with E-state index < -0.39 is 5.91 Å². The number of nitrogens with one attached hydrogen (secondary N) is 1. The van der Waals surface area contributed by atoms with Crippen LogP contribution in [0.3, 0.4) is 0 Å². The Morgan fingerprint density at radius 2 is 1.76 bits per heavy atom.